The summed E-state index contributed by atoms with van der Waals surface area (Å²) in [5.41, 5.74) is 11.7. The number of nitrogens with one attached hydrogen (secondary N) is 1. The number of carbonyl (C=O) groups excluding carboxylic acids is 1. The minimum absolute atomic E-state index is 0.145. The summed E-state index contributed by atoms with van der Waals surface area (Å²) in [5.74, 6) is 0. The number of rotatable bonds is 7. The van der Waals surface area contributed by atoms with Crippen LogP contribution in [-0.4, -0.2) is 37.2 Å². The predicted octanol–water partition coefficient (Wildman–Crippen LogP) is 7.63. The molecule has 1 fully saturated rings. The lowest BCUT2D eigenvalue weighted by Crippen LogP contribution is -2.44. The van der Waals surface area contributed by atoms with Crippen molar-refractivity contribution in [1.82, 2.24) is 5.32 Å². The molecule has 3 aliphatic rings. The van der Waals surface area contributed by atoms with Gasteiger partial charge in [0.25, 0.3) is 0 Å². The largest absolute Gasteiger partial charge is 0.395 e. The first-order valence-electron chi connectivity index (χ1n) is 15.3. The Morgan fingerprint density at radius 3 is 2.70 bits per heavy atom. The Kier molecular flexibility index (Phi) is 8.13. The summed E-state index contributed by atoms with van der Waals surface area (Å²) in [6.07, 6.45) is 8.94. The summed E-state index contributed by atoms with van der Waals surface area (Å²) < 4.78 is 5.74. The molecule has 0 spiro atoms. The maximum atomic E-state index is 13.0. The van der Waals surface area contributed by atoms with Crippen molar-refractivity contribution >= 4 is 34.7 Å². The van der Waals surface area contributed by atoms with E-state index < -0.39 is 12.3 Å². The number of amides is 2. The molecule has 7 rings (SSSR count). The number of aliphatic hydroxyl groups is 1. The van der Waals surface area contributed by atoms with Crippen molar-refractivity contribution in [2.24, 2.45) is 0 Å². The Morgan fingerprint density at radius 1 is 0.930 bits per heavy atom. The molecule has 6 nitrogen and oxygen atoms in total. The number of allylic oxidation sites excluding steroid dienone is 1. The van der Waals surface area contributed by atoms with Gasteiger partial charge in [-0.2, -0.15) is 5.06 Å². The molecule has 2 amide bonds. The Hall–Kier alpha value is -3.75. The first-order valence-corrected chi connectivity index (χ1v) is 16.1. The second-order valence-corrected chi connectivity index (χ2v) is 12.4. The van der Waals surface area contributed by atoms with E-state index >= 15 is 0 Å². The fourth-order valence-electron chi connectivity index (χ4n) is 6.48. The lowest BCUT2D eigenvalue weighted by atomic mass is 9.78. The molecule has 1 aliphatic heterocycles. The van der Waals surface area contributed by atoms with Gasteiger partial charge in [-0.3, -0.25) is 0 Å². The third-order valence-corrected chi connectivity index (χ3v) is 9.82. The van der Waals surface area contributed by atoms with Gasteiger partial charge in [-0.05, 0) is 107 Å². The molecule has 2 heterocycles. The zero-order valence-corrected chi connectivity index (χ0v) is 25.0. The number of anilines is 1. The van der Waals surface area contributed by atoms with Crippen LogP contribution in [0.2, 0.25) is 0 Å². The highest BCUT2D eigenvalue weighted by molar-refractivity contribution is 7.16. The van der Waals surface area contributed by atoms with Crippen molar-refractivity contribution < 1.29 is 19.5 Å². The number of benzene rings is 3. The summed E-state index contributed by atoms with van der Waals surface area (Å²) >= 11 is 1.78. The van der Waals surface area contributed by atoms with Gasteiger partial charge in [-0.1, -0.05) is 54.6 Å². The van der Waals surface area contributed by atoms with Gasteiger partial charge in [0, 0.05) is 29.3 Å². The highest BCUT2D eigenvalue weighted by Crippen LogP contribution is 2.42. The molecule has 1 saturated heterocycles. The normalized spacial score (nSPS) is 17.3. The molecule has 2 aliphatic carbocycles. The van der Waals surface area contributed by atoms with Crippen molar-refractivity contribution in [2.75, 3.05) is 24.8 Å². The number of hydrogen-bond donors (Lipinski definition) is 2. The van der Waals surface area contributed by atoms with E-state index in [0.29, 0.717) is 12.3 Å². The highest BCUT2D eigenvalue weighted by atomic mass is 32.1. The van der Waals surface area contributed by atoms with Crippen molar-refractivity contribution in [3.8, 4) is 21.6 Å². The number of nitrogens with zero attached hydrogens (tertiary/aromatic N) is 1. The number of carbonyl (C=O) groups is 1. The van der Waals surface area contributed by atoms with Gasteiger partial charge < -0.3 is 15.2 Å². The van der Waals surface area contributed by atoms with Crippen LogP contribution in [-0.2, 0) is 28.8 Å². The van der Waals surface area contributed by atoms with E-state index in [0.717, 1.165) is 55.4 Å². The molecular weight excluding hydrogens is 556 g/mol. The third kappa shape index (κ3) is 5.78. The standard InChI is InChI=1S/C36H36N2O4S/c39-20-19-37-36(40)38(42-35-10-3-4-21-41-35)28-8-5-7-26(23-28)33-17-18-34(43-33)27-13-14-30-25(22-27)12-16-31-29-9-2-1-6-24(29)11-15-32(30)31/h1-2,5-9,12,16-18,22-23,35,39H,3-4,10-11,13-15,19-21H2,(H,37,40)/t35-/m0/s1. The number of hydroxylamine groups is 1. The fourth-order valence-corrected chi connectivity index (χ4v) is 7.52. The molecule has 0 bridgehead atoms. The summed E-state index contributed by atoms with van der Waals surface area (Å²) in [6, 6.07) is 25.3. The van der Waals surface area contributed by atoms with E-state index in [4.69, 9.17) is 9.57 Å². The maximum absolute atomic E-state index is 13.0. The van der Waals surface area contributed by atoms with E-state index in [2.05, 4.69) is 66.0 Å². The Balaban J connectivity index is 1.14. The van der Waals surface area contributed by atoms with Crippen LogP contribution >= 0.6 is 11.3 Å². The molecule has 0 saturated carbocycles. The van der Waals surface area contributed by atoms with Crippen LogP contribution in [0.25, 0.3) is 33.2 Å². The zero-order valence-electron chi connectivity index (χ0n) is 24.2. The van der Waals surface area contributed by atoms with Gasteiger partial charge in [0.2, 0.25) is 0 Å². The highest BCUT2D eigenvalue weighted by Gasteiger charge is 2.25. The average molecular weight is 593 g/mol. The molecule has 0 unspecified atom stereocenters. The number of urea groups is 1. The zero-order chi connectivity index (χ0) is 29.2. The van der Waals surface area contributed by atoms with Crippen molar-refractivity contribution in [3.63, 3.8) is 0 Å². The van der Waals surface area contributed by atoms with Crippen molar-refractivity contribution in [3.05, 3.63) is 99.9 Å². The summed E-state index contributed by atoms with van der Waals surface area (Å²) in [5, 5.41) is 13.2. The lowest BCUT2D eigenvalue weighted by molar-refractivity contribution is -0.163. The number of hydrogen-bond acceptors (Lipinski definition) is 5. The topological polar surface area (TPSA) is 71.0 Å². The molecule has 220 valence electrons. The fraction of sp³-hybridized carbons (Fsp3) is 0.306. The van der Waals surface area contributed by atoms with Crippen LogP contribution in [0.1, 0.15) is 52.8 Å². The van der Waals surface area contributed by atoms with Gasteiger partial charge in [-0.25, -0.2) is 9.63 Å². The number of fused-ring (bicyclic) bond motifs is 5. The maximum Gasteiger partial charge on any atom is 0.346 e. The molecule has 4 aromatic rings. The Bertz CT molecular complexity index is 1670. The molecule has 7 heteroatoms. The van der Waals surface area contributed by atoms with E-state index in [1.165, 1.54) is 48.9 Å². The first kappa shape index (κ1) is 28.0. The van der Waals surface area contributed by atoms with Gasteiger partial charge in [0.05, 0.1) is 12.3 Å². The van der Waals surface area contributed by atoms with Crippen LogP contribution in [0, 0.1) is 0 Å². The molecule has 2 N–H and O–H groups in total. The second-order valence-electron chi connectivity index (χ2n) is 11.4. The van der Waals surface area contributed by atoms with Crippen LogP contribution in [0.3, 0.4) is 0 Å². The summed E-state index contributed by atoms with van der Waals surface area (Å²) in [6.45, 7) is 0.617. The monoisotopic (exact) mass is 592 g/mol. The third-order valence-electron chi connectivity index (χ3n) is 8.61. The molecule has 43 heavy (non-hydrogen) atoms. The predicted molar refractivity (Wildman–Crippen MR) is 173 cm³/mol. The quantitative estimate of drug-likeness (QED) is 0.217. The van der Waals surface area contributed by atoms with Gasteiger partial charge in [-0.15, -0.1) is 11.3 Å². The van der Waals surface area contributed by atoms with Gasteiger partial charge in [0.1, 0.15) is 0 Å². The van der Waals surface area contributed by atoms with E-state index in [9.17, 15) is 9.90 Å². The Labute approximate surface area is 256 Å². The summed E-state index contributed by atoms with van der Waals surface area (Å²) in [4.78, 5) is 21.4. The molecule has 1 atom stereocenters. The van der Waals surface area contributed by atoms with E-state index in [-0.39, 0.29) is 13.2 Å². The van der Waals surface area contributed by atoms with Crippen LogP contribution in [0.5, 0.6) is 0 Å². The average Bonchev–Trinajstić information content (AvgIpc) is 3.57. The molecule has 0 radical (unpaired) electrons. The Morgan fingerprint density at radius 2 is 1.81 bits per heavy atom. The van der Waals surface area contributed by atoms with Crippen molar-refractivity contribution in [1.29, 1.82) is 0 Å². The minimum atomic E-state index is -0.480. The van der Waals surface area contributed by atoms with Crippen molar-refractivity contribution in [2.45, 2.75) is 51.2 Å². The SMILES string of the molecule is O=C(NCCO)N(O[C@H]1CCCCO1)c1cccc(-c2ccc(C3=Cc4ccc5c(c4CC3)CCc3ccccc3-5)s2)c1. The van der Waals surface area contributed by atoms with E-state index in [1.54, 1.807) is 11.3 Å². The lowest BCUT2D eigenvalue weighted by Gasteiger charge is -2.29. The molecular formula is C36H36N2O4S. The van der Waals surface area contributed by atoms with Gasteiger partial charge >= 0.3 is 6.03 Å². The number of aliphatic hydroxyl groups excluding tert-OH is 1. The number of ether oxygens (including phenoxy) is 1. The smallest absolute Gasteiger partial charge is 0.346 e. The number of aryl methyl sites for hydroxylation is 1. The minimum Gasteiger partial charge on any atom is -0.395 e. The van der Waals surface area contributed by atoms with Gasteiger partial charge in [0.15, 0.2) is 6.29 Å². The van der Waals surface area contributed by atoms with Crippen LogP contribution in [0.15, 0.2) is 72.8 Å². The van der Waals surface area contributed by atoms with E-state index in [1.807, 2.05) is 18.2 Å². The summed E-state index contributed by atoms with van der Waals surface area (Å²) in [7, 11) is 0. The molecule has 1 aromatic heterocycles. The van der Waals surface area contributed by atoms with Crippen LogP contribution in [0.4, 0.5) is 10.5 Å². The second kappa shape index (κ2) is 12.5. The number of thiophene rings is 1. The molecule has 3 aromatic carbocycles. The van der Waals surface area contributed by atoms with Crippen LogP contribution < -0.4 is 10.4 Å². The first-order chi connectivity index (χ1) is 21.2.